The Morgan fingerprint density at radius 3 is 0.812 bits per heavy atom. The first-order valence-electron chi connectivity index (χ1n) is 25.9. The topological polar surface area (TPSA) is 332 Å². The van der Waals surface area contributed by atoms with Crippen molar-refractivity contribution in [3.63, 3.8) is 0 Å². The van der Waals surface area contributed by atoms with E-state index in [-0.39, 0.29) is 19.3 Å². The minimum absolute atomic E-state index is 0.0879. The van der Waals surface area contributed by atoms with Gasteiger partial charge in [-0.05, 0) is 131 Å². The number of carboxylic acid groups (broad SMARTS) is 1. The van der Waals surface area contributed by atoms with Crippen LogP contribution in [0.25, 0.3) is 0 Å². The molecule has 422 valence electrons. The molecule has 0 bridgehead atoms. The molecular formula is C60H68F3N9O8. The number of halogens is 3. The molecule has 0 saturated heterocycles. The SMILES string of the molecule is NCCCC[C@@](N)(C(=O)Nc1ccc(C(c2ccc(NC(=O)[C@](N)(CCCCN)C(=O)c3ccccc3)cc2)c2ccc(NC(=O)[C@](N)(CCCCN)C(=O)c3ccccc3)cc2)cc1)C(=O)c1ccccc1.O=C(O)C(F)(F)F. The molecule has 20 heteroatoms. The minimum atomic E-state index is -5.08. The number of alkyl halides is 3. The third-order valence-electron chi connectivity index (χ3n) is 13.4. The first-order valence-corrected chi connectivity index (χ1v) is 25.9. The first-order chi connectivity index (χ1) is 38.1. The maximum atomic E-state index is 14.0. The molecule has 0 saturated carbocycles. The van der Waals surface area contributed by atoms with Crippen LogP contribution in [0.5, 0.6) is 0 Å². The Morgan fingerprint density at radius 1 is 0.388 bits per heavy atom. The maximum Gasteiger partial charge on any atom is 0.490 e. The van der Waals surface area contributed by atoms with E-state index >= 15 is 0 Å². The highest BCUT2D eigenvalue weighted by Crippen LogP contribution is 2.35. The normalized spacial score (nSPS) is 13.5. The third-order valence-corrected chi connectivity index (χ3v) is 13.4. The maximum absolute atomic E-state index is 14.0. The fourth-order valence-corrected chi connectivity index (χ4v) is 8.76. The fourth-order valence-electron chi connectivity index (χ4n) is 8.76. The summed E-state index contributed by atoms with van der Waals surface area (Å²) in [5, 5.41) is 15.7. The fraction of sp³-hybridized carbons (Fsp3) is 0.283. The molecule has 17 nitrogen and oxygen atoms in total. The molecule has 0 aliphatic carbocycles. The lowest BCUT2D eigenvalue weighted by molar-refractivity contribution is -0.192. The lowest BCUT2D eigenvalue weighted by atomic mass is 9.83. The first kappa shape index (κ1) is 62.6. The summed E-state index contributed by atoms with van der Waals surface area (Å²) in [6.45, 7) is 1.15. The third kappa shape index (κ3) is 16.4. The van der Waals surface area contributed by atoms with Gasteiger partial charge >= 0.3 is 12.1 Å². The Balaban J connectivity index is 0.00000157. The Kier molecular flexibility index (Phi) is 22.8. The molecular weight excluding hydrogens is 1030 g/mol. The number of carbonyl (C=O) groups is 7. The predicted octanol–water partition coefficient (Wildman–Crippen LogP) is 7.44. The summed E-state index contributed by atoms with van der Waals surface area (Å²) in [5.41, 5.74) is 36.3. The lowest BCUT2D eigenvalue weighted by Gasteiger charge is -2.28. The van der Waals surface area contributed by atoms with E-state index in [0.29, 0.717) is 91.9 Å². The Bertz CT molecular complexity index is 2720. The molecule has 0 aliphatic heterocycles. The molecule has 0 spiro atoms. The molecule has 6 aromatic carbocycles. The van der Waals surface area contributed by atoms with E-state index in [1.54, 1.807) is 127 Å². The second-order valence-corrected chi connectivity index (χ2v) is 19.2. The standard InChI is InChI=1S/C58H67N9O6.C2HF3O2/c59-37-13-10-34-56(62,50(68)43-16-4-1-5-17-43)53(71)65-46-28-22-40(23-29-46)49(41-24-30-47(31-25-41)66-54(72)57(63,35-11-14-38-60)51(69)44-18-6-2-7-19-44)42-26-32-48(33-27-42)67-55(73)58(64,36-12-15-39-61)52(70)45-20-8-3-9-21-45;3-2(4,5)1(6)7/h1-9,16-33,49H,10-15,34-39,59-64H2,(H,65,71)(H,66,72)(H,67,73);(H,6,7)/t56-,57-,58-;/m0./s1. The van der Waals surface area contributed by atoms with Gasteiger partial charge in [0.1, 0.15) is 0 Å². The van der Waals surface area contributed by atoms with Gasteiger partial charge in [-0.25, -0.2) is 4.79 Å². The zero-order chi connectivity index (χ0) is 58.5. The number of rotatable bonds is 27. The van der Waals surface area contributed by atoms with Crippen LogP contribution in [0.15, 0.2) is 164 Å². The molecule has 0 fully saturated rings. The number of nitrogens with two attached hydrogens (primary N) is 6. The monoisotopic (exact) mass is 1100 g/mol. The van der Waals surface area contributed by atoms with E-state index in [4.69, 9.17) is 44.3 Å². The number of hydrogen-bond acceptors (Lipinski definition) is 13. The smallest absolute Gasteiger partial charge is 0.475 e. The molecule has 3 amide bonds. The van der Waals surface area contributed by atoms with Crippen molar-refractivity contribution in [2.75, 3.05) is 35.6 Å². The highest BCUT2D eigenvalue weighted by Gasteiger charge is 2.44. The summed E-state index contributed by atoms with van der Waals surface area (Å²) in [4.78, 5) is 92.2. The molecule has 0 radical (unpaired) electrons. The van der Waals surface area contributed by atoms with Gasteiger partial charge in [-0.3, -0.25) is 28.8 Å². The molecule has 0 aliphatic rings. The van der Waals surface area contributed by atoms with E-state index in [9.17, 15) is 41.9 Å². The van der Waals surface area contributed by atoms with Crippen molar-refractivity contribution in [2.45, 2.75) is 86.5 Å². The number of aliphatic carboxylic acids is 1. The van der Waals surface area contributed by atoms with Crippen LogP contribution in [0, 0.1) is 0 Å². The summed E-state index contributed by atoms with van der Waals surface area (Å²) >= 11 is 0. The molecule has 0 heterocycles. The number of amides is 3. The Morgan fingerprint density at radius 2 is 0.613 bits per heavy atom. The molecule has 6 rings (SSSR count). The van der Waals surface area contributed by atoms with Gasteiger partial charge in [0.05, 0.1) is 0 Å². The van der Waals surface area contributed by atoms with Crippen LogP contribution in [-0.4, -0.2) is 88.6 Å². The van der Waals surface area contributed by atoms with Crippen LogP contribution in [0.4, 0.5) is 30.2 Å². The molecule has 0 unspecified atom stereocenters. The Labute approximate surface area is 462 Å². The van der Waals surface area contributed by atoms with Crippen molar-refractivity contribution in [1.29, 1.82) is 0 Å². The molecule has 16 N–H and O–H groups in total. The van der Waals surface area contributed by atoms with Crippen LogP contribution in [-0.2, 0) is 19.2 Å². The van der Waals surface area contributed by atoms with Gasteiger partial charge in [0.15, 0.2) is 34.0 Å². The van der Waals surface area contributed by atoms with Crippen LogP contribution in [0.1, 0.15) is 111 Å². The quantitative estimate of drug-likeness (QED) is 0.0104. The summed E-state index contributed by atoms with van der Waals surface area (Å²) < 4.78 is 31.7. The lowest BCUT2D eigenvalue weighted by Crippen LogP contribution is -2.57. The number of anilines is 3. The number of hydrogen-bond donors (Lipinski definition) is 10. The average molecular weight is 1100 g/mol. The second-order valence-electron chi connectivity index (χ2n) is 19.2. The van der Waals surface area contributed by atoms with Gasteiger partial charge in [0, 0.05) is 39.7 Å². The van der Waals surface area contributed by atoms with Crippen molar-refractivity contribution in [3.05, 3.63) is 197 Å². The van der Waals surface area contributed by atoms with Crippen LogP contribution in [0.3, 0.4) is 0 Å². The van der Waals surface area contributed by atoms with E-state index in [1.165, 1.54) is 0 Å². The zero-order valence-corrected chi connectivity index (χ0v) is 44.1. The summed E-state index contributed by atoms with van der Waals surface area (Å²) in [6.07, 6.45) is -1.68. The molecule has 80 heavy (non-hydrogen) atoms. The molecule has 3 atom stereocenters. The number of Topliss-reactive ketones (excluding diaryl/α,β-unsaturated/α-hetero) is 3. The summed E-state index contributed by atoms with van der Waals surface area (Å²) in [7, 11) is 0. The van der Waals surface area contributed by atoms with Crippen molar-refractivity contribution in [2.24, 2.45) is 34.4 Å². The van der Waals surface area contributed by atoms with Gasteiger partial charge in [0.25, 0.3) is 17.7 Å². The molecule has 0 aromatic heterocycles. The number of carbonyl (C=O) groups excluding carboxylic acids is 6. The number of benzene rings is 6. The van der Waals surface area contributed by atoms with Crippen molar-refractivity contribution < 1.29 is 51.8 Å². The second kappa shape index (κ2) is 29.1. The number of carboxylic acids is 1. The number of ketones is 3. The van der Waals surface area contributed by atoms with Gasteiger partial charge in [-0.15, -0.1) is 0 Å². The van der Waals surface area contributed by atoms with E-state index < -0.39 is 69.8 Å². The molecule has 6 aromatic rings. The van der Waals surface area contributed by atoms with E-state index in [0.717, 1.165) is 16.7 Å². The van der Waals surface area contributed by atoms with Crippen LogP contribution in [0.2, 0.25) is 0 Å². The summed E-state index contributed by atoms with van der Waals surface area (Å²) in [6, 6.07) is 46.8. The minimum Gasteiger partial charge on any atom is -0.475 e. The zero-order valence-electron chi connectivity index (χ0n) is 44.1. The van der Waals surface area contributed by atoms with E-state index in [1.807, 2.05) is 36.4 Å². The highest BCUT2D eigenvalue weighted by atomic mass is 19.4. The van der Waals surface area contributed by atoms with Gasteiger partial charge in [-0.1, -0.05) is 127 Å². The average Bonchev–Trinajstić information content (AvgIpc) is 3.47. The van der Waals surface area contributed by atoms with Crippen molar-refractivity contribution in [3.8, 4) is 0 Å². The highest BCUT2D eigenvalue weighted by molar-refractivity contribution is 6.22. The summed E-state index contributed by atoms with van der Waals surface area (Å²) in [5.74, 6) is -6.70. The Hall–Kier alpha value is -8.24. The largest absolute Gasteiger partial charge is 0.490 e. The number of nitrogens with one attached hydrogen (secondary N) is 3. The number of unbranched alkanes of at least 4 members (excludes halogenated alkanes) is 3. The van der Waals surface area contributed by atoms with Crippen molar-refractivity contribution in [1.82, 2.24) is 0 Å². The van der Waals surface area contributed by atoms with Gasteiger partial charge in [-0.2, -0.15) is 13.2 Å². The predicted molar refractivity (Wildman–Crippen MR) is 302 cm³/mol. The van der Waals surface area contributed by atoms with Crippen molar-refractivity contribution >= 4 is 58.1 Å². The van der Waals surface area contributed by atoms with Gasteiger partial charge < -0.3 is 55.5 Å². The van der Waals surface area contributed by atoms with Crippen LogP contribution >= 0.6 is 0 Å². The van der Waals surface area contributed by atoms with Gasteiger partial charge in [0.2, 0.25) is 0 Å². The van der Waals surface area contributed by atoms with E-state index in [2.05, 4.69) is 16.0 Å². The van der Waals surface area contributed by atoms with Crippen LogP contribution < -0.4 is 50.4 Å².